The molecule has 94 valence electrons. The normalized spacial score (nSPS) is 10.1. The van der Waals surface area contributed by atoms with Gasteiger partial charge in [0.25, 0.3) is 0 Å². The van der Waals surface area contributed by atoms with Gasteiger partial charge in [0.2, 0.25) is 0 Å². The van der Waals surface area contributed by atoms with Crippen LogP contribution < -0.4 is 15.4 Å². The third kappa shape index (κ3) is 3.23. The molecule has 0 heterocycles. The summed E-state index contributed by atoms with van der Waals surface area (Å²) in [4.78, 5) is 4.56. The van der Waals surface area contributed by atoms with Crippen LogP contribution in [0.3, 0.4) is 0 Å². The smallest absolute Gasteiger partial charge is 0.127 e. The molecule has 0 bridgehead atoms. The fraction of sp³-hybridized carbons (Fsp3) is 0.143. The van der Waals surface area contributed by atoms with Crippen molar-refractivity contribution in [1.82, 2.24) is 0 Å². The van der Waals surface area contributed by atoms with E-state index >= 15 is 0 Å². The van der Waals surface area contributed by atoms with Crippen LogP contribution in [0.4, 0.5) is 0 Å². The molecule has 0 saturated heterocycles. The Morgan fingerprint density at radius 2 is 1.33 bits per heavy atom. The molecule has 0 saturated carbocycles. The average molecular weight is 245 g/mol. The van der Waals surface area contributed by atoms with Crippen molar-refractivity contribution in [3.8, 4) is 17.2 Å². The number of ether oxygens (including phenoxy) is 2. The van der Waals surface area contributed by atoms with Crippen molar-refractivity contribution in [3.05, 3.63) is 54.1 Å². The molecular formula is C14H15NO3. The first-order valence-corrected chi connectivity index (χ1v) is 5.54. The van der Waals surface area contributed by atoms with Gasteiger partial charge in [0.1, 0.15) is 17.2 Å². The van der Waals surface area contributed by atoms with E-state index in [1.807, 2.05) is 48.5 Å². The summed E-state index contributed by atoms with van der Waals surface area (Å²) in [5.41, 5.74) is 1.000. The van der Waals surface area contributed by atoms with E-state index < -0.39 is 0 Å². The zero-order chi connectivity index (χ0) is 12.8. The van der Waals surface area contributed by atoms with Crippen LogP contribution in [0.1, 0.15) is 5.56 Å². The molecule has 18 heavy (non-hydrogen) atoms. The van der Waals surface area contributed by atoms with Crippen molar-refractivity contribution in [1.29, 1.82) is 0 Å². The average Bonchev–Trinajstić information content (AvgIpc) is 2.42. The zero-order valence-corrected chi connectivity index (χ0v) is 10.1. The van der Waals surface area contributed by atoms with Crippen LogP contribution in [0.5, 0.6) is 17.2 Å². The number of hydrogen-bond donors (Lipinski definition) is 1. The van der Waals surface area contributed by atoms with E-state index in [1.165, 1.54) is 0 Å². The van der Waals surface area contributed by atoms with E-state index in [4.69, 9.17) is 15.4 Å². The van der Waals surface area contributed by atoms with E-state index in [0.717, 1.165) is 22.8 Å². The summed E-state index contributed by atoms with van der Waals surface area (Å²) in [6, 6.07) is 15.0. The first kappa shape index (κ1) is 12.4. The van der Waals surface area contributed by atoms with Gasteiger partial charge in [-0.1, -0.05) is 12.1 Å². The van der Waals surface area contributed by atoms with Crippen LogP contribution in [0.25, 0.3) is 0 Å². The predicted octanol–water partition coefficient (Wildman–Crippen LogP) is 2.88. The molecule has 0 fully saturated rings. The highest BCUT2D eigenvalue weighted by molar-refractivity contribution is 5.36. The van der Waals surface area contributed by atoms with E-state index in [-0.39, 0.29) is 0 Å². The van der Waals surface area contributed by atoms with Crippen LogP contribution >= 0.6 is 0 Å². The predicted molar refractivity (Wildman–Crippen MR) is 68.5 cm³/mol. The molecule has 0 unspecified atom stereocenters. The standard InChI is InChI=1S/C14H15NO3/c1-16-12-6-8-14(9-7-12)18-13-4-2-11(3-5-13)10-17-15/h2-9H,10,15H2,1H3. The molecule has 4 nitrogen and oxygen atoms in total. The Labute approximate surface area is 106 Å². The van der Waals surface area contributed by atoms with Gasteiger partial charge in [0, 0.05) is 0 Å². The Bertz CT molecular complexity index is 479. The molecule has 0 aliphatic heterocycles. The van der Waals surface area contributed by atoms with Crippen LogP contribution in [0, 0.1) is 0 Å². The highest BCUT2D eigenvalue weighted by Gasteiger charge is 1.99. The van der Waals surface area contributed by atoms with Crippen LogP contribution in [-0.4, -0.2) is 7.11 Å². The summed E-state index contributed by atoms with van der Waals surface area (Å²) in [6.45, 7) is 0.392. The third-order valence-corrected chi connectivity index (χ3v) is 2.47. The Morgan fingerprint density at radius 1 is 0.833 bits per heavy atom. The van der Waals surface area contributed by atoms with Crippen molar-refractivity contribution >= 4 is 0 Å². The summed E-state index contributed by atoms with van der Waals surface area (Å²) >= 11 is 0. The van der Waals surface area contributed by atoms with Crippen LogP contribution in [0.15, 0.2) is 48.5 Å². The molecule has 0 radical (unpaired) electrons. The maximum absolute atomic E-state index is 5.68. The third-order valence-electron chi connectivity index (χ3n) is 2.47. The number of hydrogen-bond acceptors (Lipinski definition) is 4. The molecule has 4 heteroatoms. The lowest BCUT2D eigenvalue weighted by Crippen LogP contribution is -1.98. The second-order valence-corrected chi connectivity index (χ2v) is 3.73. The van der Waals surface area contributed by atoms with Crippen LogP contribution in [0.2, 0.25) is 0 Å². The second-order valence-electron chi connectivity index (χ2n) is 3.73. The maximum atomic E-state index is 5.68. The quantitative estimate of drug-likeness (QED) is 0.823. The van der Waals surface area contributed by atoms with E-state index in [2.05, 4.69) is 4.84 Å². The molecular weight excluding hydrogens is 230 g/mol. The Morgan fingerprint density at radius 3 is 1.83 bits per heavy atom. The lowest BCUT2D eigenvalue weighted by Gasteiger charge is -2.07. The van der Waals surface area contributed by atoms with Gasteiger partial charge in [-0.05, 0) is 42.0 Å². The Hall–Kier alpha value is -2.04. The van der Waals surface area contributed by atoms with Crippen LogP contribution in [-0.2, 0) is 11.4 Å². The SMILES string of the molecule is COc1ccc(Oc2ccc(CON)cc2)cc1. The molecule has 2 rings (SSSR count). The molecule has 0 aromatic heterocycles. The van der Waals surface area contributed by atoms with E-state index in [1.54, 1.807) is 7.11 Å². The monoisotopic (exact) mass is 245 g/mol. The molecule has 0 amide bonds. The molecule has 2 N–H and O–H groups in total. The van der Waals surface area contributed by atoms with Crippen molar-refractivity contribution in [2.75, 3.05) is 7.11 Å². The number of benzene rings is 2. The molecule has 0 aliphatic carbocycles. The van der Waals surface area contributed by atoms with Crippen molar-refractivity contribution < 1.29 is 14.3 Å². The fourth-order valence-electron chi connectivity index (χ4n) is 1.53. The van der Waals surface area contributed by atoms with Crippen molar-refractivity contribution in [2.24, 2.45) is 5.90 Å². The highest BCUT2D eigenvalue weighted by atomic mass is 16.6. The summed E-state index contributed by atoms with van der Waals surface area (Å²) < 4.78 is 10.8. The van der Waals surface area contributed by atoms with Gasteiger partial charge in [-0.15, -0.1) is 0 Å². The summed E-state index contributed by atoms with van der Waals surface area (Å²) in [7, 11) is 1.63. The second kappa shape index (κ2) is 6.05. The summed E-state index contributed by atoms with van der Waals surface area (Å²) in [5.74, 6) is 7.34. The van der Waals surface area contributed by atoms with Gasteiger partial charge < -0.3 is 9.47 Å². The first-order chi connectivity index (χ1) is 8.81. The Kier molecular flexibility index (Phi) is 4.17. The maximum Gasteiger partial charge on any atom is 0.127 e. The minimum absolute atomic E-state index is 0.392. The van der Waals surface area contributed by atoms with E-state index in [0.29, 0.717) is 6.61 Å². The summed E-state index contributed by atoms with van der Waals surface area (Å²) in [6.07, 6.45) is 0. The molecule has 2 aromatic carbocycles. The molecule has 0 spiro atoms. The molecule has 0 aliphatic rings. The number of methoxy groups -OCH3 is 1. The van der Waals surface area contributed by atoms with Gasteiger partial charge >= 0.3 is 0 Å². The molecule has 2 aromatic rings. The van der Waals surface area contributed by atoms with Gasteiger partial charge in [-0.25, -0.2) is 5.90 Å². The lowest BCUT2D eigenvalue weighted by molar-refractivity contribution is 0.124. The Balaban J connectivity index is 2.03. The highest BCUT2D eigenvalue weighted by Crippen LogP contribution is 2.23. The van der Waals surface area contributed by atoms with Gasteiger partial charge in [0.15, 0.2) is 0 Å². The van der Waals surface area contributed by atoms with Crippen molar-refractivity contribution in [2.45, 2.75) is 6.61 Å². The van der Waals surface area contributed by atoms with Gasteiger partial charge in [0.05, 0.1) is 13.7 Å². The minimum Gasteiger partial charge on any atom is -0.497 e. The van der Waals surface area contributed by atoms with E-state index in [9.17, 15) is 0 Å². The largest absolute Gasteiger partial charge is 0.497 e. The van der Waals surface area contributed by atoms with Crippen molar-refractivity contribution in [3.63, 3.8) is 0 Å². The minimum atomic E-state index is 0.392. The number of rotatable bonds is 5. The number of nitrogens with two attached hydrogens (primary N) is 1. The molecule has 0 atom stereocenters. The lowest BCUT2D eigenvalue weighted by atomic mass is 10.2. The zero-order valence-electron chi connectivity index (χ0n) is 10.1. The van der Waals surface area contributed by atoms with Gasteiger partial charge in [-0.3, -0.25) is 4.84 Å². The fourth-order valence-corrected chi connectivity index (χ4v) is 1.53. The summed E-state index contributed by atoms with van der Waals surface area (Å²) in [5, 5.41) is 0. The topological polar surface area (TPSA) is 53.7 Å². The first-order valence-electron chi connectivity index (χ1n) is 5.54. The van der Waals surface area contributed by atoms with Gasteiger partial charge in [-0.2, -0.15) is 0 Å².